The lowest BCUT2D eigenvalue weighted by Crippen LogP contribution is -2.36. The van der Waals surface area contributed by atoms with Crippen LogP contribution < -0.4 is 15.8 Å². The summed E-state index contributed by atoms with van der Waals surface area (Å²) in [7, 11) is 1.58. The normalized spacial score (nSPS) is 16.3. The average molecular weight is 248 g/mol. The van der Waals surface area contributed by atoms with Crippen LogP contribution in [0.5, 0.6) is 5.75 Å². The molecule has 0 radical (unpaired) electrons. The van der Waals surface area contributed by atoms with Crippen LogP contribution in [0.3, 0.4) is 0 Å². The summed E-state index contributed by atoms with van der Waals surface area (Å²) < 4.78 is 5.11. The molecule has 1 aromatic carbocycles. The highest BCUT2D eigenvalue weighted by Crippen LogP contribution is 2.21. The van der Waals surface area contributed by atoms with E-state index in [-0.39, 0.29) is 11.9 Å². The van der Waals surface area contributed by atoms with Crippen molar-refractivity contribution in [1.82, 2.24) is 5.32 Å². The van der Waals surface area contributed by atoms with Crippen molar-refractivity contribution in [3.8, 4) is 5.75 Å². The number of hydrogen-bond donors (Lipinski definition) is 2. The van der Waals surface area contributed by atoms with Gasteiger partial charge < -0.3 is 15.8 Å². The van der Waals surface area contributed by atoms with E-state index >= 15 is 0 Å². The van der Waals surface area contributed by atoms with Crippen molar-refractivity contribution in [3.63, 3.8) is 0 Å². The molecule has 0 atom stereocenters. The number of nitrogens with two attached hydrogens (primary N) is 1. The molecule has 1 aromatic rings. The Balaban J connectivity index is 2.07. The Hall–Kier alpha value is -1.71. The fraction of sp³-hybridized carbons (Fsp3) is 0.500. The van der Waals surface area contributed by atoms with Gasteiger partial charge in [-0.2, -0.15) is 0 Å². The van der Waals surface area contributed by atoms with E-state index in [1.807, 2.05) is 0 Å². The van der Waals surface area contributed by atoms with Gasteiger partial charge in [0.15, 0.2) is 0 Å². The van der Waals surface area contributed by atoms with Gasteiger partial charge in [-0.3, -0.25) is 4.79 Å². The number of anilines is 1. The second kappa shape index (κ2) is 5.76. The van der Waals surface area contributed by atoms with Crippen molar-refractivity contribution in [2.75, 3.05) is 12.8 Å². The summed E-state index contributed by atoms with van der Waals surface area (Å²) in [6, 6.07) is 5.44. The zero-order chi connectivity index (χ0) is 13.0. The van der Waals surface area contributed by atoms with E-state index < -0.39 is 0 Å². The average Bonchev–Trinajstić information content (AvgIpc) is 2.40. The van der Waals surface area contributed by atoms with Crippen LogP contribution >= 0.6 is 0 Å². The minimum Gasteiger partial charge on any atom is -0.497 e. The topological polar surface area (TPSA) is 64.3 Å². The number of carbonyl (C=O) groups is 1. The lowest BCUT2D eigenvalue weighted by Gasteiger charge is -2.23. The summed E-state index contributed by atoms with van der Waals surface area (Å²) in [5.74, 6) is 0.552. The number of hydrogen-bond acceptors (Lipinski definition) is 3. The Morgan fingerprint density at radius 1 is 1.33 bits per heavy atom. The highest BCUT2D eigenvalue weighted by molar-refractivity contribution is 5.99. The van der Waals surface area contributed by atoms with Crippen molar-refractivity contribution >= 4 is 11.6 Å². The summed E-state index contributed by atoms with van der Waals surface area (Å²) in [5, 5.41) is 3.05. The molecule has 4 nitrogen and oxygen atoms in total. The molecule has 0 unspecified atom stereocenters. The molecule has 2 rings (SSSR count). The van der Waals surface area contributed by atoms with Crippen molar-refractivity contribution in [3.05, 3.63) is 23.8 Å². The Morgan fingerprint density at radius 3 is 2.72 bits per heavy atom. The number of carbonyl (C=O) groups excluding carboxylic acids is 1. The Morgan fingerprint density at radius 2 is 2.06 bits per heavy atom. The first-order chi connectivity index (χ1) is 8.70. The maximum Gasteiger partial charge on any atom is 0.253 e. The quantitative estimate of drug-likeness (QED) is 0.807. The lowest BCUT2D eigenvalue weighted by molar-refractivity contribution is 0.0928. The Bertz CT molecular complexity index is 426. The number of nitrogen functional groups attached to an aromatic ring is 1. The molecule has 0 spiro atoms. The van der Waals surface area contributed by atoms with Gasteiger partial charge in [-0.1, -0.05) is 19.3 Å². The number of rotatable bonds is 3. The molecule has 18 heavy (non-hydrogen) atoms. The first-order valence-corrected chi connectivity index (χ1v) is 6.45. The van der Waals surface area contributed by atoms with Crippen LogP contribution in [0.15, 0.2) is 18.2 Å². The number of methoxy groups -OCH3 is 1. The zero-order valence-corrected chi connectivity index (χ0v) is 10.7. The van der Waals surface area contributed by atoms with E-state index in [1.165, 1.54) is 19.3 Å². The van der Waals surface area contributed by atoms with Gasteiger partial charge in [0.1, 0.15) is 5.75 Å². The van der Waals surface area contributed by atoms with Gasteiger partial charge in [-0.05, 0) is 31.0 Å². The van der Waals surface area contributed by atoms with Crippen LogP contribution in [0.2, 0.25) is 0 Å². The summed E-state index contributed by atoms with van der Waals surface area (Å²) >= 11 is 0. The van der Waals surface area contributed by atoms with Crippen LogP contribution in [0, 0.1) is 0 Å². The molecule has 0 bridgehead atoms. The third kappa shape index (κ3) is 2.94. The second-order valence-electron chi connectivity index (χ2n) is 4.76. The van der Waals surface area contributed by atoms with Gasteiger partial charge in [0, 0.05) is 11.7 Å². The second-order valence-corrected chi connectivity index (χ2v) is 4.76. The monoisotopic (exact) mass is 248 g/mol. The maximum atomic E-state index is 12.2. The molecule has 0 aromatic heterocycles. The summed E-state index contributed by atoms with van der Waals surface area (Å²) in [6.07, 6.45) is 5.79. The minimum atomic E-state index is -0.0988. The van der Waals surface area contributed by atoms with E-state index in [1.54, 1.807) is 25.3 Å². The SMILES string of the molecule is COc1ccc(N)c(C(=O)NC2CCCCC2)c1. The first kappa shape index (κ1) is 12.7. The van der Waals surface area contributed by atoms with Gasteiger partial charge in [0.05, 0.1) is 12.7 Å². The van der Waals surface area contributed by atoms with E-state index in [2.05, 4.69) is 5.32 Å². The van der Waals surface area contributed by atoms with Crippen LogP contribution in [0.25, 0.3) is 0 Å². The molecule has 1 aliphatic carbocycles. The molecule has 3 N–H and O–H groups in total. The Kier molecular flexibility index (Phi) is 4.07. The smallest absolute Gasteiger partial charge is 0.253 e. The van der Waals surface area contributed by atoms with E-state index in [0.717, 1.165) is 12.8 Å². The third-order valence-corrected chi connectivity index (χ3v) is 3.45. The molecular formula is C14H20N2O2. The van der Waals surface area contributed by atoms with E-state index in [0.29, 0.717) is 17.0 Å². The number of benzene rings is 1. The third-order valence-electron chi connectivity index (χ3n) is 3.45. The molecular weight excluding hydrogens is 228 g/mol. The van der Waals surface area contributed by atoms with E-state index in [9.17, 15) is 4.79 Å². The number of nitrogens with one attached hydrogen (secondary N) is 1. The van der Waals surface area contributed by atoms with Crippen LogP contribution in [0.4, 0.5) is 5.69 Å². The van der Waals surface area contributed by atoms with Gasteiger partial charge in [0.2, 0.25) is 0 Å². The molecule has 98 valence electrons. The van der Waals surface area contributed by atoms with Crippen molar-refractivity contribution in [2.45, 2.75) is 38.1 Å². The van der Waals surface area contributed by atoms with Gasteiger partial charge in [-0.25, -0.2) is 0 Å². The zero-order valence-electron chi connectivity index (χ0n) is 10.7. The maximum absolute atomic E-state index is 12.2. The predicted octanol–water partition coefficient (Wildman–Crippen LogP) is 2.34. The Labute approximate surface area is 108 Å². The fourth-order valence-electron chi connectivity index (χ4n) is 2.37. The summed E-state index contributed by atoms with van der Waals surface area (Å²) in [5.41, 5.74) is 6.82. The van der Waals surface area contributed by atoms with E-state index in [4.69, 9.17) is 10.5 Å². The van der Waals surface area contributed by atoms with Gasteiger partial charge in [-0.15, -0.1) is 0 Å². The molecule has 0 heterocycles. The molecule has 4 heteroatoms. The minimum absolute atomic E-state index is 0.0988. The summed E-state index contributed by atoms with van der Waals surface area (Å²) in [4.78, 5) is 12.2. The highest BCUT2D eigenvalue weighted by atomic mass is 16.5. The summed E-state index contributed by atoms with van der Waals surface area (Å²) in [6.45, 7) is 0. The first-order valence-electron chi connectivity index (χ1n) is 6.45. The van der Waals surface area contributed by atoms with Crippen LogP contribution in [-0.2, 0) is 0 Å². The van der Waals surface area contributed by atoms with Crippen LogP contribution in [0.1, 0.15) is 42.5 Å². The molecule has 0 saturated heterocycles. The largest absolute Gasteiger partial charge is 0.497 e. The van der Waals surface area contributed by atoms with Gasteiger partial charge in [0.25, 0.3) is 5.91 Å². The van der Waals surface area contributed by atoms with Crippen molar-refractivity contribution < 1.29 is 9.53 Å². The number of amides is 1. The van der Waals surface area contributed by atoms with Crippen molar-refractivity contribution in [2.24, 2.45) is 0 Å². The molecule has 1 amide bonds. The van der Waals surface area contributed by atoms with Gasteiger partial charge >= 0.3 is 0 Å². The fourth-order valence-corrected chi connectivity index (χ4v) is 2.37. The van der Waals surface area contributed by atoms with Crippen molar-refractivity contribution in [1.29, 1.82) is 0 Å². The molecule has 0 aliphatic heterocycles. The molecule has 1 fully saturated rings. The van der Waals surface area contributed by atoms with Crippen LogP contribution in [-0.4, -0.2) is 19.1 Å². The lowest BCUT2D eigenvalue weighted by atomic mass is 9.95. The highest BCUT2D eigenvalue weighted by Gasteiger charge is 2.18. The molecule has 1 aliphatic rings. The standard InChI is InChI=1S/C14H20N2O2/c1-18-11-7-8-13(15)12(9-11)14(17)16-10-5-3-2-4-6-10/h7-10H,2-6,15H2,1H3,(H,16,17). The predicted molar refractivity (Wildman–Crippen MR) is 71.7 cm³/mol. The number of ether oxygens (including phenoxy) is 1. The molecule has 1 saturated carbocycles.